The van der Waals surface area contributed by atoms with E-state index in [4.69, 9.17) is 0 Å². The minimum Gasteiger partial charge on any atom is -0.349 e. The zero-order valence-corrected chi connectivity index (χ0v) is 12.2. The van der Waals surface area contributed by atoms with E-state index in [0.717, 1.165) is 15.1 Å². The quantitative estimate of drug-likeness (QED) is 0.784. The molecular formula is C12H18BrNOS. The van der Waals surface area contributed by atoms with Gasteiger partial charge in [0.25, 0.3) is 5.91 Å². The molecule has 1 heterocycles. The van der Waals surface area contributed by atoms with Crippen LogP contribution in [0, 0.1) is 0 Å². The van der Waals surface area contributed by atoms with Gasteiger partial charge in [0, 0.05) is 6.04 Å². The molecule has 1 aromatic rings. The minimum atomic E-state index is 0.0414. The van der Waals surface area contributed by atoms with Crippen molar-refractivity contribution < 1.29 is 4.79 Å². The summed E-state index contributed by atoms with van der Waals surface area (Å²) < 4.78 is 0.997. The lowest BCUT2D eigenvalue weighted by molar-refractivity contribution is 0.0942. The predicted octanol–water partition coefficient (Wildman–Crippen LogP) is 4.21. The molecule has 2 nitrogen and oxygen atoms in total. The van der Waals surface area contributed by atoms with E-state index in [1.807, 2.05) is 12.1 Å². The van der Waals surface area contributed by atoms with Crippen molar-refractivity contribution in [3.05, 3.63) is 20.8 Å². The minimum absolute atomic E-state index is 0.0414. The molecule has 0 saturated carbocycles. The lowest BCUT2D eigenvalue weighted by Crippen LogP contribution is -2.31. The number of thiophene rings is 1. The van der Waals surface area contributed by atoms with Crippen molar-refractivity contribution in [2.75, 3.05) is 0 Å². The number of halogens is 1. The van der Waals surface area contributed by atoms with E-state index >= 15 is 0 Å². The molecule has 90 valence electrons. The Labute approximate surface area is 110 Å². The number of rotatable bonds is 6. The lowest BCUT2D eigenvalue weighted by Gasteiger charge is -2.12. The van der Waals surface area contributed by atoms with E-state index in [9.17, 15) is 4.79 Å². The maximum absolute atomic E-state index is 11.8. The van der Waals surface area contributed by atoms with Crippen LogP contribution in [0.3, 0.4) is 0 Å². The molecule has 0 aromatic carbocycles. The number of carbonyl (C=O) groups excluding carboxylic acids is 1. The Hall–Kier alpha value is -0.350. The highest BCUT2D eigenvalue weighted by molar-refractivity contribution is 9.11. The van der Waals surface area contributed by atoms with Gasteiger partial charge in [-0.05, 0) is 41.4 Å². The third-order valence-electron chi connectivity index (χ3n) is 2.42. The summed E-state index contributed by atoms with van der Waals surface area (Å²) in [5.74, 6) is 0.0414. The molecule has 0 aliphatic rings. The van der Waals surface area contributed by atoms with E-state index in [-0.39, 0.29) is 11.9 Å². The van der Waals surface area contributed by atoms with Crippen LogP contribution in [0.4, 0.5) is 0 Å². The molecule has 4 heteroatoms. The van der Waals surface area contributed by atoms with Crippen LogP contribution in [-0.2, 0) is 0 Å². The van der Waals surface area contributed by atoms with Crippen molar-refractivity contribution in [3.8, 4) is 0 Å². The predicted molar refractivity (Wildman–Crippen MR) is 73.1 cm³/mol. The fourth-order valence-electron chi connectivity index (χ4n) is 1.50. The third-order valence-corrected chi connectivity index (χ3v) is 4.04. The van der Waals surface area contributed by atoms with Crippen LogP contribution >= 0.6 is 27.3 Å². The van der Waals surface area contributed by atoms with Gasteiger partial charge in [-0.1, -0.05) is 26.2 Å². The van der Waals surface area contributed by atoms with Crippen LogP contribution < -0.4 is 5.32 Å². The summed E-state index contributed by atoms with van der Waals surface area (Å²) in [6.45, 7) is 4.25. The summed E-state index contributed by atoms with van der Waals surface area (Å²) in [5.41, 5.74) is 0. The second kappa shape index (κ2) is 7.07. The standard InChI is InChI=1S/C12H18BrNOS/c1-3-4-5-6-9(2)14-12(15)10-7-8-11(13)16-10/h7-9H,3-6H2,1-2H3,(H,14,15)/t9-/m1/s1. The maximum atomic E-state index is 11.8. The molecule has 0 aliphatic heterocycles. The van der Waals surface area contributed by atoms with Gasteiger partial charge in [-0.3, -0.25) is 4.79 Å². The monoisotopic (exact) mass is 303 g/mol. The highest BCUT2D eigenvalue weighted by Crippen LogP contribution is 2.22. The molecule has 0 unspecified atom stereocenters. The number of carbonyl (C=O) groups is 1. The van der Waals surface area contributed by atoms with Gasteiger partial charge in [0.2, 0.25) is 0 Å². The van der Waals surface area contributed by atoms with Crippen LogP contribution in [0.25, 0.3) is 0 Å². The lowest BCUT2D eigenvalue weighted by atomic mass is 10.1. The van der Waals surface area contributed by atoms with Gasteiger partial charge >= 0.3 is 0 Å². The highest BCUT2D eigenvalue weighted by atomic mass is 79.9. The van der Waals surface area contributed by atoms with Gasteiger partial charge in [0.15, 0.2) is 0 Å². The third kappa shape index (κ3) is 4.66. The fourth-order valence-corrected chi connectivity index (χ4v) is 2.79. The first-order valence-electron chi connectivity index (χ1n) is 5.69. The molecule has 16 heavy (non-hydrogen) atoms. The Kier molecular flexibility index (Phi) is 6.06. The molecular weight excluding hydrogens is 286 g/mol. The van der Waals surface area contributed by atoms with E-state index in [1.165, 1.54) is 30.6 Å². The summed E-state index contributed by atoms with van der Waals surface area (Å²) in [7, 11) is 0. The molecule has 0 fully saturated rings. The molecule has 1 rings (SSSR count). The summed E-state index contributed by atoms with van der Waals surface area (Å²) >= 11 is 4.83. The van der Waals surface area contributed by atoms with Crippen molar-refractivity contribution in [3.63, 3.8) is 0 Å². The molecule has 1 aromatic heterocycles. The normalized spacial score (nSPS) is 12.4. The first-order chi connectivity index (χ1) is 7.63. The Morgan fingerprint density at radius 1 is 1.50 bits per heavy atom. The first-order valence-corrected chi connectivity index (χ1v) is 7.30. The Balaban J connectivity index is 2.33. The Bertz CT molecular complexity index is 338. The van der Waals surface area contributed by atoms with Gasteiger partial charge in [0.1, 0.15) is 0 Å². The number of nitrogens with one attached hydrogen (secondary N) is 1. The van der Waals surface area contributed by atoms with Crippen LogP contribution in [0.5, 0.6) is 0 Å². The smallest absolute Gasteiger partial charge is 0.261 e. The Morgan fingerprint density at radius 2 is 2.25 bits per heavy atom. The van der Waals surface area contributed by atoms with Crippen LogP contribution in [0.15, 0.2) is 15.9 Å². The van der Waals surface area contributed by atoms with Gasteiger partial charge in [-0.2, -0.15) is 0 Å². The average molecular weight is 304 g/mol. The number of amides is 1. The molecule has 0 radical (unpaired) electrons. The van der Waals surface area contributed by atoms with E-state index in [0.29, 0.717) is 0 Å². The molecule has 1 amide bonds. The van der Waals surface area contributed by atoms with Gasteiger partial charge in [0.05, 0.1) is 8.66 Å². The zero-order valence-electron chi connectivity index (χ0n) is 9.75. The number of unbranched alkanes of at least 4 members (excludes halogenated alkanes) is 2. The van der Waals surface area contributed by atoms with Crippen molar-refractivity contribution >= 4 is 33.2 Å². The van der Waals surface area contributed by atoms with Gasteiger partial charge < -0.3 is 5.32 Å². The summed E-state index contributed by atoms with van der Waals surface area (Å²) in [4.78, 5) is 12.6. The molecule has 0 spiro atoms. The Morgan fingerprint density at radius 3 is 2.81 bits per heavy atom. The molecule has 0 aliphatic carbocycles. The maximum Gasteiger partial charge on any atom is 0.261 e. The molecule has 0 saturated heterocycles. The topological polar surface area (TPSA) is 29.1 Å². The molecule has 1 N–H and O–H groups in total. The van der Waals surface area contributed by atoms with E-state index < -0.39 is 0 Å². The van der Waals surface area contributed by atoms with Gasteiger partial charge in [-0.15, -0.1) is 11.3 Å². The van der Waals surface area contributed by atoms with Crippen LogP contribution in [0.1, 0.15) is 49.2 Å². The van der Waals surface area contributed by atoms with E-state index in [1.54, 1.807) is 0 Å². The highest BCUT2D eigenvalue weighted by Gasteiger charge is 2.11. The number of hydrogen-bond donors (Lipinski definition) is 1. The van der Waals surface area contributed by atoms with Crippen molar-refractivity contribution in [2.24, 2.45) is 0 Å². The SMILES string of the molecule is CCCCC[C@@H](C)NC(=O)c1ccc(Br)s1. The van der Waals surface area contributed by atoms with E-state index in [2.05, 4.69) is 35.1 Å². The van der Waals surface area contributed by atoms with Crippen molar-refractivity contribution in [1.29, 1.82) is 0 Å². The van der Waals surface area contributed by atoms with Crippen molar-refractivity contribution in [1.82, 2.24) is 5.32 Å². The summed E-state index contributed by atoms with van der Waals surface area (Å²) in [6, 6.07) is 4.02. The summed E-state index contributed by atoms with van der Waals surface area (Å²) in [6.07, 6.45) is 4.71. The fraction of sp³-hybridized carbons (Fsp3) is 0.583. The number of hydrogen-bond acceptors (Lipinski definition) is 2. The average Bonchev–Trinajstić information content (AvgIpc) is 2.65. The molecule has 0 bridgehead atoms. The zero-order chi connectivity index (χ0) is 12.0. The second-order valence-corrected chi connectivity index (χ2v) is 6.44. The molecule has 1 atom stereocenters. The first kappa shape index (κ1) is 13.7. The van der Waals surface area contributed by atoms with Crippen LogP contribution in [-0.4, -0.2) is 11.9 Å². The largest absolute Gasteiger partial charge is 0.349 e. The van der Waals surface area contributed by atoms with Crippen molar-refractivity contribution in [2.45, 2.75) is 45.6 Å². The second-order valence-electron chi connectivity index (χ2n) is 3.97. The van der Waals surface area contributed by atoms with Crippen LogP contribution in [0.2, 0.25) is 0 Å². The summed E-state index contributed by atoms with van der Waals surface area (Å²) in [5, 5.41) is 3.02. The van der Waals surface area contributed by atoms with Gasteiger partial charge in [-0.25, -0.2) is 0 Å².